The summed E-state index contributed by atoms with van der Waals surface area (Å²) in [6.07, 6.45) is 1.71. The van der Waals surface area contributed by atoms with Crippen molar-refractivity contribution >= 4 is 34.7 Å². The number of anilines is 1. The van der Waals surface area contributed by atoms with E-state index in [-0.39, 0.29) is 12.5 Å². The van der Waals surface area contributed by atoms with Crippen molar-refractivity contribution in [2.45, 2.75) is 12.8 Å². The van der Waals surface area contributed by atoms with Gasteiger partial charge in [-0.2, -0.15) is 0 Å². The van der Waals surface area contributed by atoms with Gasteiger partial charge in [0.15, 0.2) is 0 Å². The molecule has 1 N–H and O–H groups in total. The van der Waals surface area contributed by atoms with Gasteiger partial charge in [-0.3, -0.25) is 9.59 Å². The second-order valence-corrected chi connectivity index (χ2v) is 8.32. The Morgan fingerprint density at radius 3 is 2.28 bits per heavy atom. The zero-order valence-corrected chi connectivity index (χ0v) is 18.8. The fourth-order valence-corrected chi connectivity index (χ4v) is 4.39. The quantitative estimate of drug-likeness (QED) is 0.671. The normalized spacial score (nSPS) is 19.1. The van der Waals surface area contributed by atoms with Crippen molar-refractivity contribution in [2.24, 2.45) is 5.92 Å². The van der Waals surface area contributed by atoms with Crippen LogP contribution in [0.25, 0.3) is 5.57 Å². The maximum absolute atomic E-state index is 13.7. The molecule has 1 atom stereocenters. The molecule has 32 heavy (non-hydrogen) atoms. The van der Waals surface area contributed by atoms with Crippen LogP contribution in [0, 0.1) is 5.92 Å². The van der Waals surface area contributed by atoms with Crippen LogP contribution in [0.15, 0.2) is 48.2 Å². The Kier molecular flexibility index (Phi) is 6.39. The van der Waals surface area contributed by atoms with Crippen LogP contribution in [-0.2, 0) is 9.59 Å². The minimum absolute atomic E-state index is 0.0407. The minimum Gasteiger partial charge on any atom is -0.497 e. The van der Waals surface area contributed by atoms with Crippen molar-refractivity contribution in [3.8, 4) is 11.5 Å². The first-order chi connectivity index (χ1) is 15.5. The molecule has 168 valence electrons. The van der Waals surface area contributed by atoms with Crippen molar-refractivity contribution in [2.75, 3.05) is 38.8 Å². The number of halogens is 1. The summed E-state index contributed by atoms with van der Waals surface area (Å²) in [5.41, 5.74) is 1.66. The van der Waals surface area contributed by atoms with Crippen molar-refractivity contribution in [3.05, 3.63) is 58.7 Å². The Balaban J connectivity index is 1.82. The molecule has 2 heterocycles. The molecule has 4 rings (SSSR count). The Labute approximate surface area is 191 Å². The molecule has 0 saturated carbocycles. The zero-order valence-electron chi connectivity index (χ0n) is 18.0. The number of amides is 2. The van der Waals surface area contributed by atoms with Gasteiger partial charge in [0.1, 0.15) is 17.2 Å². The molecule has 1 unspecified atom stereocenters. The van der Waals surface area contributed by atoms with Gasteiger partial charge >= 0.3 is 0 Å². The van der Waals surface area contributed by atoms with E-state index in [0.717, 1.165) is 17.7 Å². The summed E-state index contributed by atoms with van der Waals surface area (Å²) < 4.78 is 10.7. The molecule has 2 aliphatic rings. The molecular weight excluding hydrogens is 432 g/mol. The first-order valence-electron chi connectivity index (χ1n) is 10.4. The SMILES string of the molecule is COc1cc(OC)cc(N2C(=O)C(c3ccc(Cl)cc3)=C(N3CCCC(CO)C3)C2=O)c1. The predicted octanol–water partition coefficient (Wildman–Crippen LogP) is 3.35. The van der Waals surface area contributed by atoms with E-state index in [1.165, 1.54) is 14.2 Å². The summed E-state index contributed by atoms with van der Waals surface area (Å²) >= 11 is 6.05. The van der Waals surface area contributed by atoms with Gasteiger partial charge < -0.3 is 19.5 Å². The number of carbonyl (C=O) groups excluding carboxylic acids is 2. The number of piperidine rings is 1. The summed E-state index contributed by atoms with van der Waals surface area (Å²) in [6.45, 7) is 1.19. The molecule has 2 amide bonds. The number of rotatable bonds is 6. The van der Waals surface area contributed by atoms with Crippen LogP contribution < -0.4 is 14.4 Å². The third-order valence-electron chi connectivity index (χ3n) is 5.88. The van der Waals surface area contributed by atoms with Crippen molar-refractivity contribution in [1.82, 2.24) is 4.90 Å². The van der Waals surface area contributed by atoms with E-state index in [0.29, 0.717) is 52.1 Å². The first kappa shape index (κ1) is 22.2. The number of aliphatic hydroxyl groups excluding tert-OH is 1. The highest BCUT2D eigenvalue weighted by atomic mass is 35.5. The Hall–Kier alpha value is -3.03. The molecule has 0 bridgehead atoms. The van der Waals surface area contributed by atoms with E-state index in [1.54, 1.807) is 42.5 Å². The summed E-state index contributed by atoms with van der Waals surface area (Å²) in [4.78, 5) is 30.4. The highest BCUT2D eigenvalue weighted by Gasteiger charge is 2.43. The van der Waals surface area contributed by atoms with Crippen molar-refractivity contribution < 1.29 is 24.2 Å². The molecule has 1 saturated heterocycles. The second-order valence-electron chi connectivity index (χ2n) is 7.88. The molecule has 2 aromatic rings. The van der Waals surface area contributed by atoms with Gasteiger partial charge in [-0.15, -0.1) is 0 Å². The number of likely N-dealkylation sites (tertiary alicyclic amines) is 1. The van der Waals surface area contributed by atoms with Gasteiger partial charge in [-0.25, -0.2) is 4.90 Å². The predicted molar refractivity (Wildman–Crippen MR) is 122 cm³/mol. The summed E-state index contributed by atoms with van der Waals surface area (Å²) in [7, 11) is 3.02. The number of ether oxygens (including phenoxy) is 2. The van der Waals surface area contributed by atoms with Gasteiger partial charge in [-0.1, -0.05) is 23.7 Å². The lowest BCUT2D eigenvalue weighted by Crippen LogP contribution is -2.40. The topological polar surface area (TPSA) is 79.3 Å². The fraction of sp³-hybridized carbons (Fsp3) is 0.333. The Bertz CT molecular complexity index is 1040. The van der Waals surface area contributed by atoms with E-state index >= 15 is 0 Å². The average molecular weight is 457 g/mol. The van der Waals surface area contributed by atoms with Crippen LogP contribution in [0.3, 0.4) is 0 Å². The Morgan fingerprint density at radius 2 is 1.69 bits per heavy atom. The lowest BCUT2D eigenvalue weighted by molar-refractivity contribution is -0.120. The fourth-order valence-electron chi connectivity index (χ4n) is 4.26. The van der Waals surface area contributed by atoms with E-state index < -0.39 is 11.8 Å². The van der Waals surface area contributed by atoms with E-state index in [1.807, 2.05) is 4.90 Å². The van der Waals surface area contributed by atoms with Gasteiger partial charge in [0, 0.05) is 42.9 Å². The highest BCUT2D eigenvalue weighted by Crippen LogP contribution is 2.39. The summed E-state index contributed by atoms with van der Waals surface area (Å²) in [6, 6.07) is 11.8. The largest absolute Gasteiger partial charge is 0.497 e. The average Bonchev–Trinajstić information content (AvgIpc) is 3.09. The minimum atomic E-state index is -0.422. The molecule has 0 spiro atoms. The number of methoxy groups -OCH3 is 2. The van der Waals surface area contributed by atoms with Crippen LogP contribution in [0.5, 0.6) is 11.5 Å². The highest BCUT2D eigenvalue weighted by molar-refractivity contribution is 6.45. The van der Waals surface area contributed by atoms with Gasteiger partial charge in [0.2, 0.25) is 0 Å². The second kappa shape index (κ2) is 9.22. The van der Waals surface area contributed by atoms with Crippen LogP contribution in [0.1, 0.15) is 18.4 Å². The van der Waals surface area contributed by atoms with Gasteiger partial charge in [0.25, 0.3) is 11.8 Å². The van der Waals surface area contributed by atoms with Crippen LogP contribution in [0.2, 0.25) is 5.02 Å². The molecule has 0 aromatic heterocycles. The van der Waals surface area contributed by atoms with Gasteiger partial charge in [0.05, 0.1) is 25.5 Å². The number of hydrogen-bond acceptors (Lipinski definition) is 6. The van der Waals surface area contributed by atoms with E-state index in [2.05, 4.69) is 0 Å². The number of imide groups is 1. The summed E-state index contributed by atoms with van der Waals surface area (Å²) in [5, 5.41) is 10.2. The molecule has 2 aromatic carbocycles. The molecule has 0 aliphatic carbocycles. The monoisotopic (exact) mass is 456 g/mol. The standard InChI is InChI=1S/C24H25ClN2O5/c1-31-19-10-18(11-20(12-19)32-2)27-23(29)21(16-5-7-17(25)8-6-16)22(24(27)30)26-9-3-4-15(13-26)14-28/h5-8,10-12,15,28H,3-4,9,13-14H2,1-2H3. The molecular formula is C24H25ClN2O5. The molecule has 0 radical (unpaired) electrons. The number of hydrogen-bond donors (Lipinski definition) is 1. The van der Waals surface area contributed by atoms with Crippen LogP contribution in [-0.4, -0.2) is 55.7 Å². The van der Waals surface area contributed by atoms with Crippen molar-refractivity contribution in [1.29, 1.82) is 0 Å². The van der Waals surface area contributed by atoms with Gasteiger partial charge in [-0.05, 0) is 36.5 Å². The van der Waals surface area contributed by atoms with Crippen molar-refractivity contribution in [3.63, 3.8) is 0 Å². The molecule has 2 aliphatic heterocycles. The number of benzene rings is 2. The first-order valence-corrected chi connectivity index (χ1v) is 10.8. The van der Waals surface area contributed by atoms with E-state index in [9.17, 15) is 14.7 Å². The number of aliphatic hydroxyl groups is 1. The summed E-state index contributed by atoms with van der Waals surface area (Å²) in [5.74, 6) is 0.165. The maximum atomic E-state index is 13.7. The molecule has 1 fully saturated rings. The molecule has 8 heteroatoms. The Morgan fingerprint density at radius 1 is 1.03 bits per heavy atom. The third-order valence-corrected chi connectivity index (χ3v) is 6.13. The third kappa shape index (κ3) is 4.06. The maximum Gasteiger partial charge on any atom is 0.282 e. The lowest BCUT2D eigenvalue weighted by atomic mass is 9.97. The smallest absolute Gasteiger partial charge is 0.282 e. The number of nitrogens with zero attached hydrogens (tertiary/aromatic N) is 2. The molecule has 7 nitrogen and oxygen atoms in total. The number of carbonyl (C=O) groups is 2. The lowest BCUT2D eigenvalue weighted by Gasteiger charge is -2.34. The zero-order chi connectivity index (χ0) is 22.8. The van der Waals surface area contributed by atoms with E-state index in [4.69, 9.17) is 21.1 Å². The van der Waals surface area contributed by atoms with Crippen LogP contribution >= 0.6 is 11.6 Å². The van der Waals surface area contributed by atoms with Crippen LogP contribution in [0.4, 0.5) is 5.69 Å².